The van der Waals surface area contributed by atoms with Crippen LogP contribution in [0.3, 0.4) is 0 Å². The van der Waals surface area contributed by atoms with Gasteiger partial charge >= 0.3 is 0 Å². The third kappa shape index (κ3) is 31.8. The minimum Gasteiger partial charge on any atom is -0.382 e. The van der Waals surface area contributed by atoms with E-state index < -0.39 is 0 Å². The highest BCUT2D eigenvalue weighted by Crippen LogP contribution is 2.10. The van der Waals surface area contributed by atoms with Gasteiger partial charge in [0.15, 0.2) is 0 Å². The maximum Gasteiger partial charge on any atom is 0.0701 e. The molecule has 0 saturated carbocycles. The van der Waals surface area contributed by atoms with E-state index in [1.54, 1.807) is 7.11 Å². The maximum atomic E-state index is 5.83. The average Bonchev–Trinajstić information content (AvgIpc) is 2.93. The summed E-state index contributed by atoms with van der Waals surface area (Å²) in [5.41, 5.74) is 0. The molecular weight excluding hydrogens is 500 g/mol. The summed E-state index contributed by atoms with van der Waals surface area (Å²) in [6.45, 7) is 17.7. The highest BCUT2D eigenvalue weighted by Gasteiger charge is 2.10. The monoisotopic (exact) mass is 555 g/mol. The fourth-order valence-electron chi connectivity index (χ4n) is 2.99. The van der Waals surface area contributed by atoms with Gasteiger partial charge in [-0.25, -0.2) is 0 Å². The number of hydrogen-bond donors (Lipinski definition) is 0. The first-order valence-corrected chi connectivity index (χ1v) is 13.9. The van der Waals surface area contributed by atoms with E-state index in [1.807, 2.05) is 6.92 Å². The van der Waals surface area contributed by atoms with Crippen LogP contribution in [0.15, 0.2) is 0 Å². The molecule has 0 aliphatic heterocycles. The predicted molar refractivity (Wildman–Crippen MR) is 144 cm³/mol. The zero-order valence-corrected chi connectivity index (χ0v) is 24.0. The van der Waals surface area contributed by atoms with E-state index in [9.17, 15) is 0 Å². The van der Waals surface area contributed by atoms with E-state index in [2.05, 4.69) is 6.92 Å². The van der Waals surface area contributed by atoms with Crippen LogP contribution in [0.25, 0.3) is 0 Å². The third-order valence-corrected chi connectivity index (χ3v) is 5.08. The van der Waals surface area contributed by atoms with Gasteiger partial charge in [0, 0.05) is 40.1 Å². The fourth-order valence-corrected chi connectivity index (χ4v) is 2.99. The van der Waals surface area contributed by atoms with Gasteiger partial charge in [-0.15, -0.1) is 0 Å². The van der Waals surface area contributed by atoms with Crippen molar-refractivity contribution in [2.75, 3.05) is 146 Å². The van der Waals surface area contributed by atoms with Crippen LogP contribution in [0.4, 0.5) is 0 Å². The van der Waals surface area contributed by atoms with Crippen molar-refractivity contribution in [3.63, 3.8) is 0 Å². The maximum absolute atomic E-state index is 5.83. The van der Waals surface area contributed by atoms with Crippen molar-refractivity contribution in [3.8, 4) is 0 Å². The van der Waals surface area contributed by atoms with E-state index in [-0.39, 0.29) is 0 Å². The molecule has 0 amide bonds. The smallest absolute Gasteiger partial charge is 0.0701 e. The molecule has 11 nitrogen and oxygen atoms in total. The molecule has 0 aromatic heterocycles. The molecule has 0 aliphatic rings. The van der Waals surface area contributed by atoms with Crippen LogP contribution in [0.5, 0.6) is 0 Å². The van der Waals surface area contributed by atoms with Crippen LogP contribution >= 0.6 is 0 Å². The topological polar surface area (TPSA) is 102 Å². The molecule has 1 atom stereocenters. The summed E-state index contributed by atoms with van der Waals surface area (Å²) in [6, 6.07) is 0. The summed E-state index contributed by atoms with van der Waals surface area (Å²) in [6.07, 6.45) is 1.78. The summed E-state index contributed by atoms with van der Waals surface area (Å²) in [5.74, 6) is 0.336. The lowest BCUT2D eigenvalue weighted by Crippen LogP contribution is -2.19. The number of rotatable bonds is 34. The van der Waals surface area contributed by atoms with Crippen molar-refractivity contribution in [2.24, 2.45) is 5.92 Å². The summed E-state index contributed by atoms with van der Waals surface area (Å²) in [4.78, 5) is 0. The van der Waals surface area contributed by atoms with Crippen molar-refractivity contribution in [2.45, 2.75) is 19.8 Å². The van der Waals surface area contributed by atoms with Crippen LogP contribution in [-0.4, -0.2) is 146 Å². The second-order valence-electron chi connectivity index (χ2n) is 8.11. The molecule has 0 fully saturated rings. The quantitative estimate of drug-likeness (QED) is 0.109. The first kappa shape index (κ1) is 37.6. The van der Waals surface area contributed by atoms with Crippen molar-refractivity contribution in [3.05, 3.63) is 6.92 Å². The Balaban J connectivity index is 3.84. The normalized spacial score (nSPS) is 12.4. The molecule has 1 radical (unpaired) electrons. The minimum atomic E-state index is 0.336. The van der Waals surface area contributed by atoms with Crippen LogP contribution in [0, 0.1) is 12.8 Å². The van der Waals surface area contributed by atoms with Gasteiger partial charge in [-0.1, -0.05) is 0 Å². The fraction of sp³-hybridized carbons (Fsp3) is 0.963. The molecule has 0 bridgehead atoms. The molecule has 229 valence electrons. The Morgan fingerprint density at radius 3 is 1.16 bits per heavy atom. The molecule has 1 unspecified atom stereocenters. The predicted octanol–water partition coefficient (Wildman–Crippen LogP) is 2.05. The molecule has 11 heteroatoms. The Bertz CT molecular complexity index is 418. The number of ether oxygens (including phenoxy) is 11. The van der Waals surface area contributed by atoms with Crippen LogP contribution < -0.4 is 0 Å². The summed E-state index contributed by atoms with van der Waals surface area (Å²) < 4.78 is 59.9. The number of hydrogen-bond acceptors (Lipinski definition) is 11. The Hall–Kier alpha value is -0.440. The van der Waals surface area contributed by atoms with Crippen molar-refractivity contribution in [1.82, 2.24) is 0 Å². The lowest BCUT2D eigenvalue weighted by atomic mass is 10.0. The van der Waals surface area contributed by atoms with E-state index in [1.165, 1.54) is 0 Å². The van der Waals surface area contributed by atoms with E-state index >= 15 is 0 Å². The van der Waals surface area contributed by atoms with E-state index in [4.69, 9.17) is 52.1 Å². The van der Waals surface area contributed by atoms with Gasteiger partial charge in [0.1, 0.15) is 0 Å². The molecule has 38 heavy (non-hydrogen) atoms. The van der Waals surface area contributed by atoms with E-state index in [0.29, 0.717) is 145 Å². The van der Waals surface area contributed by atoms with Gasteiger partial charge in [-0.05, 0) is 32.6 Å². The van der Waals surface area contributed by atoms with Crippen molar-refractivity contribution in [1.29, 1.82) is 0 Å². The standard InChI is InChI=1S/C27H55O11/c1-4-29-12-14-34-22-23-37-19-17-32-9-7-27(26-38-25-24-35-15-13-30-5-2)6-8-31-16-18-36-21-20-33-11-10-28-3/h27H,1,4-26H2,2-3H3. The lowest BCUT2D eigenvalue weighted by Gasteiger charge is -2.17. The first-order valence-electron chi connectivity index (χ1n) is 13.9. The van der Waals surface area contributed by atoms with Gasteiger partial charge in [0.05, 0.1) is 106 Å². The largest absolute Gasteiger partial charge is 0.382 e. The van der Waals surface area contributed by atoms with Gasteiger partial charge in [-0.3, -0.25) is 0 Å². The minimum absolute atomic E-state index is 0.336. The van der Waals surface area contributed by atoms with E-state index in [0.717, 1.165) is 12.8 Å². The molecule has 0 N–H and O–H groups in total. The molecule has 0 aliphatic carbocycles. The molecular formula is C27H55O11. The third-order valence-electron chi connectivity index (χ3n) is 5.08. The SMILES string of the molecule is [CH2]COCCOCCOCCOCCC(CCOCCOCCOCCOC)COCCOCCOCC. The van der Waals surface area contributed by atoms with Crippen LogP contribution in [-0.2, 0) is 52.1 Å². The molecule has 0 aromatic carbocycles. The summed E-state index contributed by atoms with van der Waals surface area (Å²) in [7, 11) is 1.65. The second kappa shape index (κ2) is 34.6. The van der Waals surface area contributed by atoms with Gasteiger partial charge in [0.2, 0.25) is 0 Å². The zero-order chi connectivity index (χ0) is 27.6. The highest BCUT2D eigenvalue weighted by atomic mass is 16.6. The molecule has 0 rings (SSSR count). The van der Waals surface area contributed by atoms with Crippen LogP contribution in [0.2, 0.25) is 0 Å². The molecule has 0 aromatic rings. The Morgan fingerprint density at radius 2 is 0.763 bits per heavy atom. The molecule has 0 saturated heterocycles. The van der Waals surface area contributed by atoms with Crippen LogP contribution in [0.1, 0.15) is 19.8 Å². The average molecular weight is 556 g/mol. The Kier molecular flexibility index (Phi) is 34.2. The van der Waals surface area contributed by atoms with Crippen molar-refractivity contribution >= 4 is 0 Å². The Labute approximate surface area is 230 Å². The molecule has 0 spiro atoms. The second-order valence-corrected chi connectivity index (χ2v) is 8.11. The van der Waals surface area contributed by atoms with Gasteiger partial charge in [0.25, 0.3) is 0 Å². The van der Waals surface area contributed by atoms with Crippen molar-refractivity contribution < 1.29 is 52.1 Å². The summed E-state index contributed by atoms with van der Waals surface area (Å²) >= 11 is 0. The van der Waals surface area contributed by atoms with Gasteiger partial charge < -0.3 is 52.1 Å². The van der Waals surface area contributed by atoms with Gasteiger partial charge in [-0.2, -0.15) is 0 Å². The lowest BCUT2D eigenvalue weighted by molar-refractivity contribution is -0.0136. The number of methoxy groups -OCH3 is 1. The summed E-state index contributed by atoms with van der Waals surface area (Å²) in [5, 5.41) is 0. The highest BCUT2D eigenvalue weighted by molar-refractivity contribution is 4.59. The molecule has 0 heterocycles. The first-order chi connectivity index (χ1) is 18.8. The zero-order valence-electron chi connectivity index (χ0n) is 24.0. The Morgan fingerprint density at radius 1 is 0.421 bits per heavy atom.